The summed E-state index contributed by atoms with van der Waals surface area (Å²) < 4.78 is 37.7. The van der Waals surface area contributed by atoms with Crippen LogP contribution in [-0.2, 0) is 16.6 Å². The first-order valence-electron chi connectivity index (χ1n) is 8.09. The molecule has 0 aliphatic carbocycles. The van der Waals surface area contributed by atoms with Crippen LogP contribution in [0.15, 0.2) is 68.9 Å². The lowest BCUT2D eigenvalue weighted by molar-refractivity contribution is 0.415. The number of methoxy groups -OCH3 is 1. The maximum Gasteiger partial charge on any atom is 0.240 e. The fourth-order valence-corrected chi connectivity index (χ4v) is 3.67. The zero-order valence-corrected chi connectivity index (χ0v) is 17.1. The molecule has 0 amide bonds. The van der Waals surface area contributed by atoms with Gasteiger partial charge < -0.3 is 9.15 Å². The molecule has 0 radical (unpaired) electrons. The van der Waals surface area contributed by atoms with Gasteiger partial charge in [0.2, 0.25) is 10.0 Å². The normalized spacial score (nSPS) is 11.8. The number of aliphatic imine (C=N–C) groups is 1. The first kappa shape index (κ1) is 20.4. The van der Waals surface area contributed by atoms with Crippen LogP contribution in [0.3, 0.4) is 0 Å². The number of benzene rings is 2. The van der Waals surface area contributed by atoms with Crippen LogP contribution < -0.4 is 9.46 Å². The second-order valence-corrected chi connectivity index (χ2v) is 8.27. The Kier molecular flexibility index (Phi) is 6.41. The number of sulfonamides is 1. The summed E-state index contributed by atoms with van der Waals surface area (Å²) in [7, 11) is -2.12. The molecule has 9 heteroatoms. The molecule has 0 aliphatic heterocycles. The number of rotatable bonds is 7. The summed E-state index contributed by atoms with van der Waals surface area (Å²) in [6.07, 6.45) is 1.52. The summed E-state index contributed by atoms with van der Waals surface area (Å²) >= 11 is 11.8. The fourth-order valence-electron chi connectivity index (χ4n) is 2.30. The van der Waals surface area contributed by atoms with Crippen LogP contribution in [-0.4, -0.2) is 21.7 Å². The van der Waals surface area contributed by atoms with Crippen molar-refractivity contribution >= 4 is 45.1 Å². The average molecular weight is 439 g/mol. The van der Waals surface area contributed by atoms with Gasteiger partial charge in [0.25, 0.3) is 0 Å². The van der Waals surface area contributed by atoms with Crippen molar-refractivity contribution in [2.45, 2.75) is 11.4 Å². The number of nitrogens with zero attached hydrogens (tertiary/aromatic N) is 1. The third-order valence-electron chi connectivity index (χ3n) is 3.72. The maximum absolute atomic E-state index is 12.3. The van der Waals surface area contributed by atoms with Crippen LogP contribution in [0.1, 0.15) is 11.5 Å². The first-order chi connectivity index (χ1) is 13.4. The van der Waals surface area contributed by atoms with Crippen LogP contribution in [0.5, 0.6) is 5.75 Å². The van der Waals surface area contributed by atoms with Gasteiger partial charge in [-0.3, -0.25) is 4.99 Å². The molecule has 0 aliphatic rings. The Balaban J connectivity index is 1.64. The molecule has 1 aromatic heterocycles. The number of halogens is 2. The third-order valence-corrected chi connectivity index (χ3v) is 5.68. The molecule has 0 spiro atoms. The molecular formula is C19H16Cl2N2O4S. The van der Waals surface area contributed by atoms with Gasteiger partial charge in [-0.25, -0.2) is 13.1 Å². The second-order valence-electron chi connectivity index (χ2n) is 5.66. The zero-order chi connectivity index (χ0) is 20.1. The molecule has 0 atom stereocenters. The average Bonchev–Trinajstić information content (AvgIpc) is 3.13. The molecule has 2 aromatic carbocycles. The minimum atomic E-state index is -3.66. The van der Waals surface area contributed by atoms with Gasteiger partial charge in [0.05, 0.1) is 35.5 Å². The highest BCUT2D eigenvalue weighted by atomic mass is 35.5. The molecule has 0 bridgehead atoms. The predicted molar refractivity (Wildman–Crippen MR) is 109 cm³/mol. The third kappa shape index (κ3) is 5.14. The monoisotopic (exact) mass is 438 g/mol. The highest BCUT2D eigenvalue weighted by molar-refractivity contribution is 7.89. The second kappa shape index (κ2) is 8.79. The Hall–Kier alpha value is -2.32. The Morgan fingerprint density at radius 1 is 1.11 bits per heavy atom. The number of hydrogen-bond donors (Lipinski definition) is 1. The summed E-state index contributed by atoms with van der Waals surface area (Å²) in [6.45, 7) is 0.00711. The SMILES string of the molecule is COc1ccc(N=Cc2ccc(CNS(=O)(=O)c3ccc(Cl)cc3)o2)cc1Cl. The number of furan rings is 1. The van der Waals surface area contributed by atoms with E-state index >= 15 is 0 Å². The van der Waals surface area contributed by atoms with Gasteiger partial charge in [-0.05, 0) is 54.6 Å². The van der Waals surface area contributed by atoms with Crippen LogP contribution >= 0.6 is 23.2 Å². The lowest BCUT2D eigenvalue weighted by Gasteiger charge is -2.05. The van der Waals surface area contributed by atoms with Crippen molar-refractivity contribution in [3.63, 3.8) is 0 Å². The molecule has 0 unspecified atom stereocenters. The number of hydrogen-bond acceptors (Lipinski definition) is 5. The molecular weight excluding hydrogens is 423 g/mol. The largest absolute Gasteiger partial charge is 0.495 e. The minimum absolute atomic E-state index is 0.00711. The van der Waals surface area contributed by atoms with Gasteiger partial charge in [-0.2, -0.15) is 0 Å². The molecule has 0 saturated carbocycles. The van der Waals surface area contributed by atoms with E-state index in [1.165, 1.54) is 37.6 Å². The van der Waals surface area contributed by atoms with E-state index in [-0.39, 0.29) is 11.4 Å². The Labute approximate surface area is 172 Å². The van der Waals surface area contributed by atoms with Crippen LogP contribution in [0.25, 0.3) is 0 Å². The molecule has 1 heterocycles. The van der Waals surface area contributed by atoms with Crippen molar-refractivity contribution in [3.05, 3.63) is 76.2 Å². The van der Waals surface area contributed by atoms with E-state index in [4.69, 9.17) is 32.4 Å². The van der Waals surface area contributed by atoms with Crippen molar-refractivity contribution < 1.29 is 17.6 Å². The van der Waals surface area contributed by atoms with Gasteiger partial charge in [0.1, 0.15) is 17.3 Å². The van der Waals surface area contributed by atoms with Gasteiger partial charge in [0, 0.05) is 5.02 Å². The Bertz CT molecular complexity index is 1090. The van der Waals surface area contributed by atoms with Crippen molar-refractivity contribution in [1.29, 1.82) is 0 Å². The van der Waals surface area contributed by atoms with E-state index in [0.717, 1.165) is 0 Å². The molecule has 3 aromatic rings. The quantitative estimate of drug-likeness (QED) is 0.535. The van der Waals surface area contributed by atoms with Crippen LogP contribution in [0.4, 0.5) is 5.69 Å². The number of ether oxygens (including phenoxy) is 1. The Morgan fingerprint density at radius 2 is 1.86 bits per heavy atom. The van der Waals surface area contributed by atoms with Crippen LogP contribution in [0, 0.1) is 0 Å². The fraction of sp³-hybridized carbons (Fsp3) is 0.105. The van der Waals surface area contributed by atoms with E-state index in [1.54, 1.807) is 30.3 Å². The van der Waals surface area contributed by atoms with Crippen LogP contribution in [0.2, 0.25) is 10.0 Å². The first-order valence-corrected chi connectivity index (χ1v) is 10.3. The van der Waals surface area contributed by atoms with Crippen molar-refractivity contribution in [2.24, 2.45) is 4.99 Å². The molecule has 3 rings (SSSR count). The lowest BCUT2D eigenvalue weighted by Crippen LogP contribution is -2.22. The van der Waals surface area contributed by atoms with Crippen molar-refractivity contribution in [3.8, 4) is 5.75 Å². The molecule has 0 saturated heterocycles. The maximum atomic E-state index is 12.3. The standard InChI is InChI=1S/C19H16Cl2N2O4S/c1-26-19-9-4-14(10-18(19)21)22-11-15-5-6-16(27-15)12-23-28(24,25)17-7-2-13(20)3-8-17/h2-11,23H,12H2,1H3. The predicted octanol–water partition coefficient (Wildman–Crippen LogP) is 4.82. The highest BCUT2D eigenvalue weighted by Crippen LogP contribution is 2.28. The van der Waals surface area contributed by atoms with Crippen molar-refractivity contribution in [2.75, 3.05) is 7.11 Å². The van der Waals surface area contributed by atoms with Gasteiger partial charge in [-0.15, -0.1) is 0 Å². The van der Waals surface area contributed by atoms with Gasteiger partial charge >= 0.3 is 0 Å². The van der Waals surface area contributed by atoms with Crippen molar-refractivity contribution in [1.82, 2.24) is 4.72 Å². The topological polar surface area (TPSA) is 80.9 Å². The Morgan fingerprint density at radius 3 is 2.54 bits per heavy atom. The summed E-state index contributed by atoms with van der Waals surface area (Å²) in [5, 5.41) is 0.918. The smallest absolute Gasteiger partial charge is 0.240 e. The lowest BCUT2D eigenvalue weighted by atomic mass is 10.3. The summed E-state index contributed by atoms with van der Waals surface area (Å²) in [5.74, 6) is 1.49. The van der Waals surface area contributed by atoms with Gasteiger partial charge in [-0.1, -0.05) is 23.2 Å². The summed E-state index contributed by atoms with van der Waals surface area (Å²) in [4.78, 5) is 4.41. The van der Waals surface area contributed by atoms with E-state index in [9.17, 15) is 8.42 Å². The van der Waals surface area contributed by atoms with E-state index < -0.39 is 10.0 Å². The van der Waals surface area contributed by atoms with Gasteiger partial charge in [0.15, 0.2) is 0 Å². The van der Waals surface area contributed by atoms with E-state index in [2.05, 4.69) is 9.71 Å². The van der Waals surface area contributed by atoms with E-state index in [0.29, 0.717) is 33.0 Å². The van der Waals surface area contributed by atoms with E-state index in [1.807, 2.05) is 0 Å². The molecule has 28 heavy (non-hydrogen) atoms. The molecule has 1 N–H and O–H groups in total. The minimum Gasteiger partial charge on any atom is -0.495 e. The molecule has 0 fully saturated rings. The molecule has 146 valence electrons. The molecule has 6 nitrogen and oxygen atoms in total. The summed E-state index contributed by atoms with van der Waals surface area (Å²) in [6, 6.07) is 14.4. The number of nitrogens with one attached hydrogen (secondary N) is 1. The zero-order valence-electron chi connectivity index (χ0n) is 14.7. The highest BCUT2D eigenvalue weighted by Gasteiger charge is 2.14. The summed E-state index contributed by atoms with van der Waals surface area (Å²) in [5.41, 5.74) is 0.632.